The van der Waals surface area contributed by atoms with Crippen molar-refractivity contribution < 1.29 is 4.52 Å². The van der Waals surface area contributed by atoms with Crippen LogP contribution in [0.25, 0.3) is 0 Å². The van der Waals surface area contributed by atoms with Crippen molar-refractivity contribution in [1.29, 1.82) is 0 Å². The van der Waals surface area contributed by atoms with Gasteiger partial charge in [0, 0.05) is 19.0 Å². The number of hydrogen-bond acceptors (Lipinski definition) is 4. The second-order valence-corrected chi connectivity index (χ2v) is 7.20. The van der Waals surface area contributed by atoms with Gasteiger partial charge in [-0.15, -0.1) is 24.0 Å². The van der Waals surface area contributed by atoms with Gasteiger partial charge in [-0.1, -0.05) is 30.8 Å². The lowest BCUT2D eigenvalue weighted by molar-refractivity contribution is 0.150. The number of fused-ring (bicyclic) bond motifs is 1. The fourth-order valence-electron chi connectivity index (χ4n) is 4.22. The second-order valence-electron chi connectivity index (χ2n) is 7.20. The summed E-state index contributed by atoms with van der Waals surface area (Å²) in [7, 11) is 0. The molecule has 0 spiro atoms. The quantitative estimate of drug-likeness (QED) is 0.399. The number of hydrogen-bond donors (Lipinski definition) is 2. The van der Waals surface area contributed by atoms with Crippen molar-refractivity contribution in [2.75, 3.05) is 13.1 Å². The molecule has 2 aliphatic carbocycles. The Labute approximate surface area is 168 Å². The van der Waals surface area contributed by atoms with Crippen molar-refractivity contribution in [2.24, 2.45) is 16.8 Å². The van der Waals surface area contributed by atoms with Crippen molar-refractivity contribution in [2.45, 2.75) is 71.3 Å². The number of halogens is 1. The summed E-state index contributed by atoms with van der Waals surface area (Å²) in [5.74, 6) is 4.18. The standard InChI is InChI=1S/C18H31N5O.HI/c1-3-19-18(20-11-10-17-21-13(2)23-24-17)22-16-9-8-14-6-4-5-7-15(14)12-16;/h14-16H,3-12H2,1-2H3,(H2,19,20,22);1H. The molecule has 0 aromatic carbocycles. The molecule has 1 aromatic rings. The summed E-state index contributed by atoms with van der Waals surface area (Å²) in [6.07, 6.45) is 10.4. The van der Waals surface area contributed by atoms with Crippen LogP contribution in [0.15, 0.2) is 9.52 Å². The molecule has 0 aliphatic heterocycles. The first kappa shape index (κ1) is 20.5. The molecule has 3 atom stereocenters. The van der Waals surface area contributed by atoms with Gasteiger partial charge in [0.2, 0.25) is 5.89 Å². The molecule has 3 rings (SSSR count). The number of rotatable bonds is 5. The Hall–Kier alpha value is -0.860. The third-order valence-electron chi connectivity index (χ3n) is 5.39. The molecule has 2 saturated carbocycles. The van der Waals surface area contributed by atoms with Crippen molar-refractivity contribution in [1.82, 2.24) is 20.8 Å². The molecule has 2 fully saturated rings. The Kier molecular flexibility index (Phi) is 8.45. The predicted octanol–water partition coefficient (Wildman–Crippen LogP) is 3.45. The Balaban J connectivity index is 0.00000225. The zero-order valence-electron chi connectivity index (χ0n) is 15.5. The molecule has 0 radical (unpaired) electrons. The van der Waals surface area contributed by atoms with E-state index in [1.807, 2.05) is 6.92 Å². The highest BCUT2D eigenvalue weighted by Crippen LogP contribution is 2.40. The van der Waals surface area contributed by atoms with Crippen LogP contribution in [0.1, 0.15) is 63.6 Å². The first-order valence-corrected chi connectivity index (χ1v) is 9.58. The molecule has 1 aromatic heterocycles. The largest absolute Gasteiger partial charge is 0.357 e. The Morgan fingerprint density at radius 2 is 2.00 bits per heavy atom. The minimum atomic E-state index is 0. The van der Waals surface area contributed by atoms with Crippen LogP contribution in [0.5, 0.6) is 0 Å². The summed E-state index contributed by atoms with van der Waals surface area (Å²) in [5, 5.41) is 10.8. The molecule has 1 heterocycles. The Bertz CT molecular complexity index is 547. The van der Waals surface area contributed by atoms with E-state index in [0.29, 0.717) is 30.7 Å². The maximum atomic E-state index is 5.14. The number of nitrogens with zero attached hydrogens (tertiary/aromatic N) is 3. The van der Waals surface area contributed by atoms with E-state index < -0.39 is 0 Å². The van der Waals surface area contributed by atoms with Gasteiger partial charge in [0.05, 0.1) is 6.54 Å². The zero-order chi connectivity index (χ0) is 16.8. The van der Waals surface area contributed by atoms with Crippen LogP contribution in [0.2, 0.25) is 0 Å². The molecule has 7 heteroatoms. The van der Waals surface area contributed by atoms with Gasteiger partial charge in [-0.25, -0.2) is 0 Å². The predicted molar refractivity (Wildman–Crippen MR) is 110 cm³/mol. The van der Waals surface area contributed by atoms with Gasteiger partial charge in [0.15, 0.2) is 11.8 Å². The monoisotopic (exact) mass is 461 g/mol. The van der Waals surface area contributed by atoms with E-state index in [4.69, 9.17) is 4.52 Å². The third kappa shape index (κ3) is 6.11. The highest BCUT2D eigenvalue weighted by Gasteiger charge is 2.32. The minimum Gasteiger partial charge on any atom is -0.357 e. The third-order valence-corrected chi connectivity index (χ3v) is 5.39. The number of nitrogens with one attached hydrogen (secondary N) is 2. The fraction of sp³-hybridized carbons (Fsp3) is 0.833. The maximum Gasteiger partial charge on any atom is 0.228 e. The van der Waals surface area contributed by atoms with Crippen LogP contribution in [0.4, 0.5) is 0 Å². The van der Waals surface area contributed by atoms with Gasteiger partial charge in [-0.2, -0.15) is 4.98 Å². The van der Waals surface area contributed by atoms with Crippen LogP contribution in [0, 0.1) is 18.8 Å². The van der Waals surface area contributed by atoms with Crippen LogP contribution in [-0.4, -0.2) is 35.2 Å². The normalized spacial score (nSPS) is 26.5. The highest BCUT2D eigenvalue weighted by molar-refractivity contribution is 14.0. The molecule has 2 aliphatic rings. The lowest BCUT2D eigenvalue weighted by Gasteiger charge is -2.39. The lowest BCUT2D eigenvalue weighted by atomic mass is 9.69. The van der Waals surface area contributed by atoms with Gasteiger partial charge in [-0.3, -0.25) is 4.99 Å². The van der Waals surface area contributed by atoms with Crippen LogP contribution >= 0.6 is 24.0 Å². The van der Waals surface area contributed by atoms with Crippen LogP contribution in [0.3, 0.4) is 0 Å². The van der Waals surface area contributed by atoms with Crippen molar-refractivity contribution in [3.8, 4) is 0 Å². The van der Waals surface area contributed by atoms with Gasteiger partial charge < -0.3 is 15.2 Å². The van der Waals surface area contributed by atoms with Crippen LogP contribution < -0.4 is 10.6 Å². The first-order valence-electron chi connectivity index (χ1n) is 9.58. The summed E-state index contributed by atoms with van der Waals surface area (Å²) in [4.78, 5) is 8.91. The van der Waals surface area contributed by atoms with Gasteiger partial charge in [-0.05, 0) is 44.9 Å². The first-order chi connectivity index (χ1) is 11.7. The van der Waals surface area contributed by atoms with Crippen LogP contribution in [-0.2, 0) is 6.42 Å². The average Bonchev–Trinajstić information content (AvgIpc) is 3.00. The smallest absolute Gasteiger partial charge is 0.228 e. The fourth-order valence-corrected chi connectivity index (χ4v) is 4.22. The molecule has 6 nitrogen and oxygen atoms in total. The van der Waals surface area contributed by atoms with E-state index in [9.17, 15) is 0 Å². The Morgan fingerprint density at radius 1 is 1.20 bits per heavy atom. The Morgan fingerprint density at radius 3 is 2.72 bits per heavy atom. The van der Waals surface area contributed by atoms with Crippen molar-refractivity contribution >= 4 is 29.9 Å². The van der Waals surface area contributed by atoms with E-state index in [2.05, 4.69) is 32.7 Å². The molecule has 2 N–H and O–H groups in total. The van der Waals surface area contributed by atoms with Gasteiger partial charge in [0.1, 0.15) is 0 Å². The summed E-state index contributed by atoms with van der Waals surface area (Å²) in [6.45, 7) is 5.49. The molecule has 0 saturated heterocycles. The summed E-state index contributed by atoms with van der Waals surface area (Å²) >= 11 is 0. The number of guanidine groups is 1. The maximum absolute atomic E-state index is 5.14. The molecule has 25 heavy (non-hydrogen) atoms. The molecular weight excluding hydrogens is 429 g/mol. The molecule has 142 valence electrons. The average molecular weight is 461 g/mol. The zero-order valence-corrected chi connectivity index (χ0v) is 17.8. The van der Waals surface area contributed by atoms with Crippen molar-refractivity contribution in [3.05, 3.63) is 11.7 Å². The van der Waals surface area contributed by atoms with E-state index in [1.165, 1.54) is 44.9 Å². The van der Waals surface area contributed by atoms with Gasteiger partial charge >= 0.3 is 0 Å². The summed E-state index contributed by atoms with van der Waals surface area (Å²) in [6, 6.07) is 0.563. The van der Waals surface area contributed by atoms with Gasteiger partial charge in [0.25, 0.3) is 0 Å². The lowest BCUT2D eigenvalue weighted by Crippen LogP contribution is -2.47. The molecule has 0 bridgehead atoms. The molecule has 3 unspecified atom stereocenters. The number of aliphatic imine (C=N–C) groups is 1. The van der Waals surface area contributed by atoms with E-state index in [0.717, 1.165) is 24.3 Å². The minimum absolute atomic E-state index is 0. The summed E-state index contributed by atoms with van der Waals surface area (Å²) < 4.78 is 5.14. The number of aryl methyl sites for hydroxylation is 1. The van der Waals surface area contributed by atoms with Crippen molar-refractivity contribution in [3.63, 3.8) is 0 Å². The van der Waals surface area contributed by atoms with E-state index in [1.54, 1.807) is 0 Å². The highest BCUT2D eigenvalue weighted by atomic mass is 127. The second kappa shape index (κ2) is 10.3. The van der Waals surface area contributed by atoms with E-state index in [-0.39, 0.29) is 24.0 Å². The molecule has 0 amide bonds. The SMILES string of the molecule is CCNC(=NCCc1nc(C)no1)NC1CCC2CCCCC2C1.I. The van der Waals surface area contributed by atoms with E-state index >= 15 is 0 Å². The summed E-state index contributed by atoms with van der Waals surface area (Å²) in [5.41, 5.74) is 0. The topological polar surface area (TPSA) is 75.3 Å². The number of aromatic nitrogens is 2. The molecular formula is C18H32IN5O.